The zero-order chi connectivity index (χ0) is 14.1. The van der Waals surface area contributed by atoms with Gasteiger partial charge in [0, 0.05) is 6.04 Å². The van der Waals surface area contributed by atoms with E-state index in [9.17, 15) is 4.79 Å². The number of carbonyl (C=O) groups excluding carboxylic acids is 1. The number of nitrogens with two attached hydrogens (primary N) is 1. The van der Waals surface area contributed by atoms with Crippen molar-refractivity contribution in [2.45, 2.75) is 70.8 Å². The van der Waals surface area contributed by atoms with Crippen LogP contribution in [0.5, 0.6) is 0 Å². The molecular formula is C14H27N3O2. The van der Waals surface area contributed by atoms with Crippen molar-refractivity contribution in [3.05, 3.63) is 0 Å². The number of rotatable bonds is 5. The second-order valence-electron chi connectivity index (χ2n) is 5.42. The van der Waals surface area contributed by atoms with Crippen molar-refractivity contribution in [3.63, 3.8) is 0 Å². The quantitative estimate of drug-likeness (QED) is 0.310. The standard InChI is InChI=1S/C14H27N3O2/c1-2-8-12(13(15)17-19)14(18)16-11-9-6-4-3-5-7-10-11/h11-12,19H,2-10H2,1H3,(H2,15,17)(H,16,18). The number of amidine groups is 1. The van der Waals surface area contributed by atoms with Crippen LogP contribution in [0.4, 0.5) is 0 Å². The van der Waals surface area contributed by atoms with Gasteiger partial charge in [-0.1, -0.05) is 50.6 Å². The summed E-state index contributed by atoms with van der Waals surface area (Å²) < 4.78 is 0. The van der Waals surface area contributed by atoms with Crippen LogP contribution in [0.1, 0.15) is 64.7 Å². The summed E-state index contributed by atoms with van der Waals surface area (Å²) >= 11 is 0. The van der Waals surface area contributed by atoms with E-state index in [1.54, 1.807) is 0 Å². The summed E-state index contributed by atoms with van der Waals surface area (Å²) in [4.78, 5) is 12.2. The Balaban J connectivity index is 2.53. The molecule has 0 aromatic rings. The smallest absolute Gasteiger partial charge is 0.231 e. The Kier molecular flexibility index (Phi) is 7.30. The highest BCUT2D eigenvalue weighted by Crippen LogP contribution is 2.18. The molecule has 1 fully saturated rings. The Morgan fingerprint density at radius 1 is 1.32 bits per heavy atom. The van der Waals surface area contributed by atoms with Gasteiger partial charge in [0.2, 0.25) is 5.91 Å². The van der Waals surface area contributed by atoms with Gasteiger partial charge in [-0.05, 0) is 19.3 Å². The molecule has 1 atom stereocenters. The predicted molar refractivity (Wildman–Crippen MR) is 76.1 cm³/mol. The predicted octanol–water partition coefficient (Wildman–Crippen LogP) is 2.38. The van der Waals surface area contributed by atoms with Crippen LogP contribution >= 0.6 is 0 Å². The molecule has 1 saturated carbocycles. The highest BCUT2D eigenvalue weighted by Gasteiger charge is 2.24. The van der Waals surface area contributed by atoms with Crippen molar-refractivity contribution < 1.29 is 10.0 Å². The number of hydrogen-bond acceptors (Lipinski definition) is 3. The van der Waals surface area contributed by atoms with Crippen molar-refractivity contribution in [1.82, 2.24) is 5.32 Å². The maximum atomic E-state index is 12.2. The van der Waals surface area contributed by atoms with Gasteiger partial charge in [-0.15, -0.1) is 0 Å². The maximum Gasteiger partial charge on any atom is 0.231 e. The average Bonchev–Trinajstić information content (AvgIpc) is 2.38. The van der Waals surface area contributed by atoms with Crippen LogP contribution in [0.3, 0.4) is 0 Å². The molecule has 1 amide bonds. The lowest BCUT2D eigenvalue weighted by Crippen LogP contribution is -2.43. The fourth-order valence-electron chi connectivity index (χ4n) is 2.67. The molecule has 0 radical (unpaired) electrons. The minimum atomic E-state index is -0.500. The van der Waals surface area contributed by atoms with Gasteiger partial charge in [-0.25, -0.2) is 0 Å². The van der Waals surface area contributed by atoms with E-state index in [1.165, 1.54) is 32.1 Å². The summed E-state index contributed by atoms with van der Waals surface area (Å²) in [6.45, 7) is 1.99. The van der Waals surface area contributed by atoms with Gasteiger partial charge in [0.05, 0.1) is 5.92 Å². The Morgan fingerprint density at radius 3 is 2.42 bits per heavy atom. The molecule has 110 valence electrons. The van der Waals surface area contributed by atoms with Crippen molar-refractivity contribution in [2.75, 3.05) is 0 Å². The van der Waals surface area contributed by atoms with Crippen molar-refractivity contribution in [2.24, 2.45) is 16.8 Å². The average molecular weight is 269 g/mol. The summed E-state index contributed by atoms with van der Waals surface area (Å²) in [6, 6.07) is 0.249. The van der Waals surface area contributed by atoms with Crippen molar-refractivity contribution >= 4 is 11.7 Å². The molecule has 0 saturated heterocycles. The molecule has 0 spiro atoms. The zero-order valence-electron chi connectivity index (χ0n) is 11.9. The molecule has 0 aromatic heterocycles. The van der Waals surface area contributed by atoms with Gasteiger partial charge in [0.15, 0.2) is 5.84 Å². The topological polar surface area (TPSA) is 87.7 Å². The highest BCUT2D eigenvalue weighted by molar-refractivity contribution is 6.02. The molecule has 1 unspecified atom stereocenters. The van der Waals surface area contributed by atoms with Crippen LogP contribution < -0.4 is 11.1 Å². The molecule has 4 N–H and O–H groups in total. The number of hydrogen-bond donors (Lipinski definition) is 3. The fourth-order valence-corrected chi connectivity index (χ4v) is 2.67. The van der Waals surface area contributed by atoms with E-state index in [4.69, 9.17) is 10.9 Å². The van der Waals surface area contributed by atoms with Gasteiger partial charge in [0.25, 0.3) is 0 Å². The Hall–Kier alpha value is -1.26. The van der Waals surface area contributed by atoms with Crippen LogP contribution in [-0.2, 0) is 4.79 Å². The van der Waals surface area contributed by atoms with Gasteiger partial charge >= 0.3 is 0 Å². The first-order chi connectivity index (χ1) is 9.19. The molecule has 0 aliphatic heterocycles. The van der Waals surface area contributed by atoms with Gasteiger partial charge in [0.1, 0.15) is 0 Å². The molecular weight excluding hydrogens is 242 g/mol. The largest absolute Gasteiger partial charge is 0.409 e. The number of amides is 1. The van der Waals surface area contributed by atoms with Crippen molar-refractivity contribution in [3.8, 4) is 0 Å². The molecule has 1 aliphatic carbocycles. The Bertz CT molecular complexity index is 297. The van der Waals surface area contributed by atoms with Crippen LogP contribution in [0, 0.1) is 5.92 Å². The number of nitrogens with one attached hydrogen (secondary N) is 1. The SMILES string of the molecule is CCCC(C(=O)NC1CCCCCCC1)C(N)=NO. The fraction of sp³-hybridized carbons (Fsp3) is 0.857. The molecule has 19 heavy (non-hydrogen) atoms. The van der Waals surface area contributed by atoms with Crippen molar-refractivity contribution in [1.29, 1.82) is 0 Å². The van der Waals surface area contributed by atoms with Gasteiger partial charge in [-0.2, -0.15) is 0 Å². The number of nitrogens with zero attached hydrogens (tertiary/aromatic N) is 1. The third-order valence-electron chi connectivity index (χ3n) is 3.82. The first kappa shape index (κ1) is 15.8. The number of carbonyl (C=O) groups is 1. The molecule has 5 heteroatoms. The van der Waals surface area contributed by atoms with Crippen LogP contribution in [0.25, 0.3) is 0 Å². The van der Waals surface area contributed by atoms with Gasteiger partial charge in [-0.3, -0.25) is 4.79 Å². The Labute approximate surface area is 115 Å². The second-order valence-corrected chi connectivity index (χ2v) is 5.42. The number of oxime groups is 1. The van der Waals surface area contributed by atoms with E-state index in [-0.39, 0.29) is 17.8 Å². The molecule has 0 aromatic carbocycles. The van der Waals surface area contributed by atoms with E-state index >= 15 is 0 Å². The third kappa shape index (κ3) is 5.49. The van der Waals surface area contributed by atoms with E-state index in [0.29, 0.717) is 6.42 Å². The van der Waals surface area contributed by atoms with Crippen LogP contribution in [0.2, 0.25) is 0 Å². The normalized spacial score (nSPS) is 20.4. The highest BCUT2D eigenvalue weighted by atomic mass is 16.4. The minimum Gasteiger partial charge on any atom is -0.409 e. The first-order valence-corrected chi connectivity index (χ1v) is 7.46. The lowest BCUT2D eigenvalue weighted by molar-refractivity contribution is -0.124. The molecule has 5 nitrogen and oxygen atoms in total. The van der Waals surface area contributed by atoms with E-state index in [0.717, 1.165) is 19.3 Å². The summed E-state index contributed by atoms with van der Waals surface area (Å²) in [7, 11) is 0. The van der Waals surface area contributed by atoms with Gasteiger partial charge < -0.3 is 16.3 Å². The van der Waals surface area contributed by atoms with Crippen LogP contribution in [-0.4, -0.2) is 23.0 Å². The zero-order valence-corrected chi connectivity index (χ0v) is 11.9. The summed E-state index contributed by atoms with van der Waals surface area (Å²) in [5.41, 5.74) is 5.60. The third-order valence-corrected chi connectivity index (χ3v) is 3.82. The summed E-state index contributed by atoms with van der Waals surface area (Å²) in [5.74, 6) is -0.576. The van der Waals surface area contributed by atoms with E-state index in [1.807, 2.05) is 6.92 Å². The minimum absolute atomic E-state index is 0.0187. The van der Waals surface area contributed by atoms with E-state index in [2.05, 4.69) is 10.5 Å². The second kappa shape index (κ2) is 8.77. The summed E-state index contributed by atoms with van der Waals surface area (Å²) in [6.07, 6.45) is 9.70. The Morgan fingerprint density at radius 2 is 1.89 bits per heavy atom. The lowest BCUT2D eigenvalue weighted by Gasteiger charge is -2.23. The first-order valence-electron chi connectivity index (χ1n) is 7.46. The summed E-state index contributed by atoms with van der Waals surface area (Å²) in [5, 5.41) is 14.8. The van der Waals surface area contributed by atoms with E-state index < -0.39 is 5.92 Å². The maximum absolute atomic E-state index is 12.2. The van der Waals surface area contributed by atoms with Crippen LogP contribution in [0.15, 0.2) is 5.16 Å². The molecule has 0 bridgehead atoms. The molecule has 1 rings (SSSR count). The lowest BCUT2D eigenvalue weighted by atomic mass is 9.95. The monoisotopic (exact) mass is 269 g/mol. The molecule has 0 heterocycles. The molecule has 1 aliphatic rings.